The molecule has 0 bridgehead atoms. The van der Waals surface area contributed by atoms with Crippen LogP contribution in [0.1, 0.15) is 25.5 Å². The van der Waals surface area contributed by atoms with Crippen LogP contribution >= 0.6 is 11.3 Å². The van der Waals surface area contributed by atoms with Gasteiger partial charge in [0.05, 0.1) is 11.3 Å². The quantitative estimate of drug-likeness (QED) is 0.863. The zero-order valence-electron chi connectivity index (χ0n) is 8.69. The minimum Gasteiger partial charge on any atom is -0.367 e. The van der Waals surface area contributed by atoms with E-state index in [1.54, 1.807) is 11.3 Å². The summed E-state index contributed by atoms with van der Waals surface area (Å²) in [5, 5.41) is 6.05. The molecule has 3 nitrogen and oxygen atoms in total. The number of hydrogen-bond donors (Lipinski definition) is 1. The Morgan fingerprint density at radius 2 is 2.40 bits per heavy atom. The Kier molecular flexibility index (Phi) is 3.06. The monoisotopic (exact) mass is 222 g/mol. The molecule has 2 rings (SSSR count). The van der Waals surface area contributed by atoms with Crippen molar-refractivity contribution in [1.82, 2.24) is 5.16 Å². The van der Waals surface area contributed by atoms with Crippen LogP contribution in [0.15, 0.2) is 22.0 Å². The molecule has 15 heavy (non-hydrogen) atoms. The van der Waals surface area contributed by atoms with E-state index in [2.05, 4.69) is 12.1 Å². The molecule has 2 heterocycles. The van der Waals surface area contributed by atoms with Crippen LogP contribution in [-0.4, -0.2) is 5.16 Å². The van der Waals surface area contributed by atoms with E-state index in [1.807, 2.05) is 17.5 Å². The molecule has 0 aliphatic rings. The summed E-state index contributed by atoms with van der Waals surface area (Å²) in [6.45, 7) is 2.16. The normalized spacial score (nSPS) is 10.7. The van der Waals surface area contributed by atoms with Crippen LogP contribution in [0.5, 0.6) is 0 Å². The molecule has 0 aromatic carbocycles. The Hall–Kier alpha value is -1.29. The molecule has 0 amide bonds. The van der Waals surface area contributed by atoms with E-state index in [9.17, 15) is 0 Å². The molecule has 0 spiro atoms. The first-order chi connectivity index (χ1) is 7.33. The lowest BCUT2D eigenvalue weighted by molar-refractivity contribution is 0.426. The number of hydrogen-bond acceptors (Lipinski definition) is 4. The van der Waals surface area contributed by atoms with Crippen LogP contribution in [0, 0.1) is 0 Å². The molecule has 0 aliphatic heterocycles. The largest absolute Gasteiger partial charge is 0.367 e. The van der Waals surface area contributed by atoms with Crippen LogP contribution in [0.4, 0.5) is 5.88 Å². The Bertz CT molecular complexity index is 420. The number of nitrogen functional groups attached to an aromatic ring is 1. The highest BCUT2D eigenvalue weighted by Gasteiger charge is 2.15. The third-order valence-electron chi connectivity index (χ3n) is 2.32. The lowest BCUT2D eigenvalue weighted by atomic mass is 10.1. The molecule has 0 radical (unpaired) electrons. The van der Waals surface area contributed by atoms with Gasteiger partial charge in [-0.1, -0.05) is 24.6 Å². The number of unbranched alkanes of at least 4 members (excludes halogenated alkanes) is 1. The molecule has 0 saturated heterocycles. The molecule has 2 N–H and O–H groups in total. The summed E-state index contributed by atoms with van der Waals surface area (Å²) < 4.78 is 5.05. The molecule has 0 saturated carbocycles. The van der Waals surface area contributed by atoms with E-state index in [1.165, 1.54) is 0 Å². The van der Waals surface area contributed by atoms with Crippen LogP contribution in [-0.2, 0) is 6.42 Å². The van der Waals surface area contributed by atoms with Gasteiger partial charge in [0.2, 0.25) is 5.88 Å². The van der Waals surface area contributed by atoms with Crippen LogP contribution in [0.25, 0.3) is 10.4 Å². The fourth-order valence-electron chi connectivity index (χ4n) is 1.54. The second kappa shape index (κ2) is 4.49. The summed E-state index contributed by atoms with van der Waals surface area (Å²) in [6.07, 6.45) is 3.20. The van der Waals surface area contributed by atoms with Gasteiger partial charge in [-0.3, -0.25) is 0 Å². The highest BCUT2D eigenvalue weighted by atomic mass is 32.1. The molecule has 0 aliphatic carbocycles. The van der Waals surface area contributed by atoms with E-state index in [0.29, 0.717) is 5.88 Å². The van der Waals surface area contributed by atoms with E-state index in [4.69, 9.17) is 10.3 Å². The first-order valence-corrected chi connectivity index (χ1v) is 5.98. The highest BCUT2D eigenvalue weighted by molar-refractivity contribution is 7.13. The van der Waals surface area contributed by atoms with Gasteiger partial charge in [-0.2, -0.15) is 0 Å². The third-order valence-corrected chi connectivity index (χ3v) is 3.21. The minimum atomic E-state index is 0.434. The Morgan fingerprint density at radius 1 is 1.53 bits per heavy atom. The van der Waals surface area contributed by atoms with Gasteiger partial charge in [-0.15, -0.1) is 11.3 Å². The number of aryl methyl sites for hydroxylation is 1. The molecular weight excluding hydrogens is 208 g/mol. The third kappa shape index (κ3) is 2.04. The zero-order chi connectivity index (χ0) is 10.7. The van der Waals surface area contributed by atoms with Gasteiger partial charge in [-0.05, 0) is 24.3 Å². The van der Waals surface area contributed by atoms with Crippen molar-refractivity contribution in [3.8, 4) is 10.4 Å². The summed E-state index contributed by atoms with van der Waals surface area (Å²) in [7, 11) is 0. The average molecular weight is 222 g/mol. The summed E-state index contributed by atoms with van der Waals surface area (Å²) in [5.41, 5.74) is 7.75. The summed E-state index contributed by atoms with van der Waals surface area (Å²) in [4.78, 5) is 1.14. The maximum absolute atomic E-state index is 5.78. The Balaban J connectivity index is 2.32. The lowest BCUT2D eigenvalue weighted by Gasteiger charge is -1.97. The number of nitrogens with zero attached hydrogens (tertiary/aromatic N) is 1. The zero-order valence-corrected chi connectivity index (χ0v) is 9.51. The van der Waals surface area contributed by atoms with Crippen molar-refractivity contribution < 1.29 is 4.52 Å². The smallest absolute Gasteiger partial charge is 0.231 e. The summed E-state index contributed by atoms with van der Waals surface area (Å²) >= 11 is 1.66. The van der Waals surface area contributed by atoms with E-state index in [-0.39, 0.29) is 0 Å². The SMILES string of the molecule is CCCCc1noc(N)c1-c1cccs1. The minimum absolute atomic E-state index is 0.434. The van der Waals surface area contributed by atoms with Gasteiger partial charge in [0.1, 0.15) is 0 Å². The maximum atomic E-state index is 5.78. The van der Waals surface area contributed by atoms with Crippen LogP contribution in [0.2, 0.25) is 0 Å². The first-order valence-electron chi connectivity index (χ1n) is 5.10. The number of aromatic nitrogens is 1. The number of nitrogens with two attached hydrogens (primary N) is 1. The second-order valence-electron chi connectivity index (χ2n) is 3.45. The van der Waals surface area contributed by atoms with E-state index in [0.717, 1.165) is 35.4 Å². The molecule has 2 aromatic rings. The van der Waals surface area contributed by atoms with Crippen molar-refractivity contribution in [3.05, 3.63) is 23.2 Å². The Labute approximate surface area is 92.9 Å². The van der Waals surface area contributed by atoms with Crippen LogP contribution < -0.4 is 5.73 Å². The Morgan fingerprint density at radius 3 is 3.07 bits per heavy atom. The van der Waals surface area contributed by atoms with Gasteiger partial charge in [0.25, 0.3) is 0 Å². The van der Waals surface area contributed by atoms with Gasteiger partial charge in [0, 0.05) is 4.88 Å². The highest BCUT2D eigenvalue weighted by Crippen LogP contribution is 2.33. The molecule has 0 fully saturated rings. The fraction of sp³-hybridized carbons (Fsp3) is 0.364. The second-order valence-corrected chi connectivity index (χ2v) is 4.40. The van der Waals surface area contributed by atoms with E-state index >= 15 is 0 Å². The molecule has 0 atom stereocenters. The van der Waals surface area contributed by atoms with Crippen molar-refractivity contribution in [1.29, 1.82) is 0 Å². The first kappa shape index (κ1) is 10.2. The standard InChI is InChI=1S/C11H14N2OS/c1-2-3-5-8-10(11(12)14-13-8)9-6-4-7-15-9/h4,6-7H,2-3,5,12H2,1H3. The van der Waals surface area contributed by atoms with Gasteiger partial charge < -0.3 is 10.3 Å². The van der Waals surface area contributed by atoms with Gasteiger partial charge >= 0.3 is 0 Å². The number of rotatable bonds is 4. The lowest BCUT2D eigenvalue weighted by Crippen LogP contribution is -1.89. The molecule has 2 aromatic heterocycles. The van der Waals surface area contributed by atoms with Crippen molar-refractivity contribution in [3.63, 3.8) is 0 Å². The van der Waals surface area contributed by atoms with Crippen molar-refractivity contribution >= 4 is 17.2 Å². The predicted octanol–water partition coefficient (Wildman–Crippen LogP) is 3.33. The van der Waals surface area contributed by atoms with Gasteiger partial charge in [0.15, 0.2) is 0 Å². The molecule has 4 heteroatoms. The van der Waals surface area contributed by atoms with Crippen molar-refractivity contribution in [2.24, 2.45) is 0 Å². The van der Waals surface area contributed by atoms with Crippen molar-refractivity contribution in [2.45, 2.75) is 26.2 Å². The van der Waals surface area contributed by atoms with E-state index < -0.39 is 0 Å². The summed E-state index contributed by atoms with van der Waals surface area (Å²) in [6, 6.07) is 4.05. The number of anilines is 1. The number of thiophene rings is 1. The topological polar surface area (TPSA) is 52.0 Å². The predicted molar refractivity (Wildman–Crippen MR) is 62.8 cm³/mol. The van der Waals surface area contributed by atoms with Crippen molar-refractivity contribution in [2.75, 3.05) is 5.73 Å². The summed E-state index contributed by atoms with van der Waals surface area (Å²) in [5.74, 6) is 0.434. The average Bonchev–Trinajstić information content (AvgIpc) is 2.84. The maximum Gasteiger partial charge on any atom is 0.231 e. The van der Waals surface area contributed by atoms with Crippen LogP contribution in [0.3, 0.4) is 0 Å². The van der Waals surface area contributed by atoms with Gasteiger partial charge in [-0.25, -0.2) is 0 Å². The molecule has 80 valence electrons. The molecule has 0 unspecified atom stereocenters. The fourth-order valence-corrected chi connectivity index (χ4v) is 2.33. The molecular formula is C11H14N2OS.